The molecule has 2 heterocycles. The Bertz CT molecular complexity index is 268. The minimum Gasteiger partial charge on any atom is -0.393 e. The summed E-state index contributed by atoms with van der Waals surface area (Å²) in [4.78, 5) is 0. The van der Waals surface area contributed by atoms with Crippen LogP contribution in [0.1, 0.15) is 40.5 Å². The Morgan fingerprint density at radius 3 is 2.65 bits per heavy atom. The lowest BCUT2D eigenvalue weighted by atomic mass is 9.75. The van der Waals surface area contributed by atoms with Gasteiger partial charge in [-0.25, -0.2) is 0 Å². The molecule has 100 valence electrons. The molecule has 2 rings (SSSR count). The van der Waals surface area contributed by atoms with Crippen molar-refractivity contribution in [2.75, 3.05) is 13.2 Å². The Kier molecular flexibility index (Phi) is 3.81. The maximum absolute atomic E-state index is 10.4. The molecule has 0 aliphatic carbocycles. The van der Waals surface area contributed by atoms with E-state index in [2.05, 4.69) is 20.8 Å². The summed E-state index contributed by atoms with van der Waals surface area (Å²) in [6.07, 6.45) is 1.76. The highest BCUT2D eigenvalue weighted by Gasteiger charge is 2.53. The normalized spacial score (nSPS) is 44.6. The summed E-state index contributed by atoms with van der Waals surface area (Å²) in [5.41, 5.74) is 0. The van der Waals surface area contributed by atoms with Gasteiger partial charge in [0.1, 0.15) is 0 Å². The van der Waals surface area contributed by atoms with Crippen molar-refractivity contribution in [3.05, 3.63) is 0 Å². The second-order valence-electron chi connectivity index (χ2n) is 6.07. The summed E-state index contributed by atoms with van der Waals surface area (Å²) in [6.45, 7) is 9.95. The van der Waals surface area contributed by atoms with Gasteiger partial charge in [0.2, 0.25) is 0 Å². The average molecular weight is 242 g/mol. The fraction of sp³-hybridized carbons (Fsp3) is 1.00. The summed E-state index contributed by atoms with van der Waals surface area (Å²) in [7, 11) is 0. The van der Waals surface area contributed by atoms with Crippen molar-refractivity contribution < 1.29 is 14.6 Å². The lowest BCUT2D eigenvalue weighted by Gasteiger charge is -2.40. The van der Waals surface area contributed by atoms with Crippen LogP contribution in [0, 0.1) is 23.7 Å². The quantitative estimate of drug-likeness (QED) is 0.823. The average Bonchev–Trinajstić information content (AvgIpc) is 2.50. The zero-order valence-corrected chi connectivity index (χ0v) is 11.5. The molecule has 1 N–H and O–H groups in total. The molecule has 3 nitrogen and oxygen atoms in total. The van der Waals surface area contributed by atoms with Gasteiger partial charge in [0.05, 0.1) is 19.3 Å². The Labute approximate surface area is 104 Å². The second-order valence-corrected chi connectivity index (χ2v) is 6.07. The van der Waals surface area contributed by atoms with Crippen LogP contribution in [0.4, 0.5) is 0 Å². The lowest BCUT2D eigenvalue weighted by molar-refractivity contribution is -0.238. The third-order valence-corrected chi connectivity index (χ3v) is 4.98. The van der Waals surface area contributed by atoms with Crippen LogP contribution in [0.25, 0.3) is 0 Å². The Morgan fingerprint density at radius 1 is 1.35 bits per heavy atom. The van der Waals surface area contributed by atoms with Gasteiger partial charge in [-0.05, 0) is 25.2 Å². The molecule has 2 aliphatic heterocycles. The molecule has 0 amide bonds. The van der Waals surface area contributed by atoms with E-state index in [0.717, 1.165) is 19.4 Å². The molecule has 0 aromatic carbocycles. The zero-order chi connectivity index (χ0) is 12.6. The number of hydrogen-bond acceptors (Lipinski definition) is 3. The van der Waals surface area contributed by atoms with E-state index in [1.54, 1.807) is 0 Å². The molecule has 2 fully saturated rings. The van der Waals surface area contributed by atoms with Gasteiger partial charge >= 0.3 is 0 Å². The van der Waals surface area contributed by atoms with Crippen molar-refractivity contribution in [2.45, 2.75) is 52.4 Å². The highest BCUT2D eigenvalue weighted by molar-refractivity contribution is 4.95. The van der Waals surface area contributed by atoms with Gasteiger partial charge in [-0.3, -0.25) is 0 Å². The molecule has 17 heavy (non-hydrogen) atoms. The van der Waals surface area contributed by atoms with E-state index in [9.17, 15) is 5.11 Å². The highest BCUT2D eigenvalue weighted by atomic mass is 16.7. The van der Waals surface area contributed by atoms with Gasteiger partial charge in [-0.2, -0.15) is 0 Å². The van der Waals surface area contributed by atoms with Gasteiger partial charge in [0.15, 0.2) is 5.79 Å². The predicted molar refractivity (Wildman–Crippen MR) is 66.5 cm³/mol. The van der Waals surface area contributed by atoms with Gasteiger partial charge in [-0.15, -0.1) is 0 Å². The minimum atomic E-state index is -0.405. The first-order chi connectivity index (χ1) is 7.98. The van der Waals surface area contributed by atoms with Crippen molar-refractivity contribution >= 4 is 0 Å². The van der Waals surface area contributed by atoms with E-state index in [-0.39, 0.29) is 12.0 Å². The molecule has 2 bridgehead atoms. The standard InChI is InChI=1S/C14H26O3/c1-5-9(2)6-13(15)12-8-17-14(4)10(3)11(12)7-16-14/h9-13,15H,5-8H2,1-4H3/t9-,10+,11-,12-,13-,14-/m0/s1. The number of ether oxygens (including phenoxy) is 2. The largest absolute Gasteiger partial charge is 0.393 e. The van der Waals surface area contributed by atoms with Crippen LogP contribution in [0.3, 0.4) is 0 Å². The van der Waals surface area contributed by atoms with Gasteiger partial charge in [-0.1, -0.05) is 27.2 Å². The molecule has 0 saturated carbocycles. The fourth-order valence-corrected chi connectivity index (χ4v) is 3.13. The number of fused-ring (bicyclic) bond motifs is 2. The number of rotatable bonds is 4. The molecular formula is C14H26O3. The lowest BCUT2D eigenvalue weighted by Crippen LogP contribution is -2.47. The summed E-state index contributed by atoms with van der Waals surface area (Å²) in [5.74, 6) is 1.25. The Balaban J connectivity index is 1.99. The van der Waals surface area contributed by atoms with E-state index in [1.165, 1.54) is 0 Å². The molecular weight excluding hydrogens is 216 g/mol. The van der Waals surface area contributed by atoms with E-state index >= 15 is 0 Å². The third-order valence-electron chi connectivity index (χ3n) is 4.98. The maximum atomic E-state index is 10.4. The van der Waals surface area contributed by atoms with Crippen LogP contribution in [0.2, 0.25) is 0 Å². The molecule has 3 heteroatoms. The fourth-order valence-electron chi connectivity index (χ4n) is 3.13. The molecule has 6 atom stereocenters. The molecule has 0 aromatic rings. The Hall–Kier alpha value is -0.120. The molecule has 0 radical (unpaired) electrons. The van der Waals surface area contributed by atoms with Crippen molar-refractivity contribution in [2.24, 2.45) is 23.7 Å². The summed E-state index contributed by atoms with van der Waals surface area (Å²) >= 11 is 0. The topological polar surface area (TPSA) is 38.7 Å². The first-order valence-corrected chi connectivity index (χ1v) is 6.94. The first-order valence-electron chi connectivity index (χ1n) is 6.94. The number of aliphatic hydroxyl groups is 1. The summed E-state index contributed by atoms with van der Waals surface area (Å²) in [5, 5.41) is 10.4. The van der Waals surface area contributed by atoms with Crippen LogP contribution in [-0.2, 0) is 9.47 Å². The van der Waals surface area contributed by atoms with Crippen LogP contribution in [0.15, 0.2) is 0 Å². The summed E-state index contributed by atoms with van der Waals surface area (Å²) in [6, 6.07) is 0. The third kappa shape index (κ3) is 2.38. The predicted octanol–water partition coefficient (Wildman–Crippen LogP) is 2.43. The van der Waals surface area contributed by atoms with E-state index in [1.807, 2.05) is 6.92 Å². The SMILES string of the molecule is CC[C@H](C)C[C@H](O)[C@H]1CO[C@]2(C)OC[C@H]1[C@H]2C. The van der Waals surface area contributed by atoms with E-state index < -0.39 is 5.79 Å². The van der Waals surface area contributed by atoms with Crippen molar-refractivity contribution in [3.8, 4) is 0 Å². The highest BCUT2D eigenvalue weighted by Crippen LogP contribution is 2.46. The van der Waals surface area contributed by atoms with Crippen LogP contribution in [-0.4, -0.2) is 30.2 Å². The van der Waals surface area contributed by atoms with Crippen LogP contribution >= 0.6 is 0 Å². The Morgan fingerprint density at radius 2 is 2.00 bits per heavy atom. The minimum absolute atomic E-state index is 0.245. The first kappa shape index (κ1) is 13.3. The molecule has 0 aromatic heterocycles. The molecule has 2 saturated heterocycles. The smallest absolute Gasteiger partial charge is 0.168 e. The van der Waals surface area contributed by atoms with Crippen LogP contribution < -0.4 is 0 Å². The second kappa shape index (κ2) is 4.87. The van der Waals surface area contributed by atoms with Gasteiger partial charge in [0.25, 0.3) is 0 Å². The van der Waals surface area contributed by atoms with E-state index in [4.69, 9.17) is 9.47 Å². The van der Waals surface area contributed by atoms with E-state index in [0.29, 0.717) is 24.4 Å². The summed E-state index contributed by atoms with van der Waals surface area (Å²) < 4.78 is 11.6. The van der Waals surface area contributed by atoms with Crippen LogP contribution in [0.5, 0.6) is 0 Å². The maximum Gasteiger partial charge on any atom is 0.168 e. The number of hydrogen-bond donors (Lipinski definition) is 1. The van der Waals surface area contributed by atoms with Crippen molar-refractivity contribution in [1.29, 1.82) is 0 Å². The van der Waals surface area contributed by atoms with Gasteiger partial charge < -0.3 is 14.6 Å². The molecule has 0 spiro atoms. The zero-order valence-electron chi connectivity index (χ0n) is 11.5. The molecule has 0 unspecified atom stereocenters. The monoisotopic (exact) mass is 242 g/mol. The molecule has 2 aliphatic rings. The number of aliphatic hydroxyl groups excluding tert-OH is 1. The van der Waals surface area contributed by atoms with Crippen molar-refractivity contribution in [3.63, 3.8) is 0 Å². The van der Waals surface area contributed by atoms with Gasteiger partial charge in [0, 0.05) is 11.8 Å². The van der Waals surface area contributed by atoms with Crippen molar-refractivity contribution in [1.82, 2.24) is 0 Å².